The van der Waals surface area contributed by atoms with Crippen molar-refractivity contribution in [1.82, 2.24) is 0 Å². The molecule has 6 aromatic carbocycles. The van der Waals surface area contributed by atoms with Crippen LogP contribution in [-0.4, -0.2) is 0 Å². The Hall–Kier alpha value is -3.88. The molecule has 0 saturated heterocycles. The van der Waals surface area contributed by atoms with Crippen molar-refractivity contribution in [2.75, 3.05) is 0 Å². The highest BCUT2D eigenvalue weighted by Crippen LogP contribution is 2.49. The van der Waals surface area contributed by atoms with E-state index in [1.807, 2.05) is 6.07 Å². The van der Waals surface area contributed by atoms with Crippen molar-refractivity contribution in [3.63, 3.8) is 0 Å². The minimum absolute atomic E-state index is 0.748. The molecule has 1 aromatic heterocycles. The largest absolute Gasteiger partial charge is 0.448 e. The van der Waals surface area contributed by atoms with Crippen LogP contribution >= 0.6 is 15.9 Å². The smallest absolute Gasteiger partial charge is 0.178 e. The van der Waals surface area contributed by atoms with Gasteiger partial charge in [-0.1, -0.05) is 109 Å². The zero-order valence-corrected chi connectivity index (χ0v) is 19.8. The predicted molar refractivity (Wildman–Crippen MR) is 146 cm³/mol. The maximum absolute atomic E-state index is 6.55. The Morgan fingerprint density at radius 1 is 0.471 bits per heavy atom. The van der Waals surface area contributed by atoms with Crippen LogP contribution in [0.2, 0.25) is 0 Å². The van der Waals surface area contributed by atoms with Gasteiger partial charge in [-0.25, -0.2) is 0 Å². The summed E-state index contributed by atoms with van der Waals surface area (Å²) in [6, 6.07) is 40.8. The third-order valence-electron chi connectivity index (χ3n) is 6.76. The summed E-state index contributed by atoms with van der Waals surface area (Å²) in [4.78, 5) is 0. The summed E-state index contributed by atoms with van der Waals surface area (Å²) < 4.78 is 7.30. The fourth-order valence-corrected chi connectivity index (χ4v) is 5.86. The van der Waals surface area contributed by atoms with Crippen LogP contribution in [0.25, 0.3) is 65.9 Å². The van der Waals surface area contributed by atoms with Crippen LogP contribution in [0.3, 0.4) is 0 Å². The fourth-order valence-electron chi connectivity index (χ4n) is 5.27. The van der Waals surface area contributed by atoms with E-state index in [1.165, 1.54) is 32.3 Å². The molecule has 1 heterocycles. The van der Waals surface area contributed by atoms with Gasteiger partial charge in [-0.05, 0) is 65.4 Å². The highest BCUT2D eigenvalue weighted by Gasteiger charge is 2.24. The van der Waals surface area contributed by atoms with E-state index in [2.05, 4.69) is 125 Å². The Morgan fingerprint density at radius 3 is 1.71 bits per heavy atom. The summed E-state index contributed by atoms with van der Waals surface area (Å²) in [7, 11) is 0. The van der Waals surface area contributed by atoms with Crippen molar-refractivity contribution in [2.24, 2.45) is 0 Å². The second kappa shape index (κ2) is 7.58. The SMILES string of the molecule is Brc1oc(-c2ccc3ccc4cccc5ccc2c3c45)c(-c2ccccc2)c1-c1ccccc1. The summed E-state index contributed by atoms with van der Waals surface area (Å²) in [5.41, 5.74) is 5.55. The molecule has 0 aliphatic rings. The number of hydrogen-bond donors (Lipinski definition) is 0. The molecule has 160 valence electrons. The topological polar surface area (TPSA) is 13.1 Å². The van der Waals surface area contributed by atoms with Crippen molar-refractivity contribution in [2.45, 2.75) is 0 Å². The van der Waals surface area contributed by atoms with Gasteiger partial charge in [-0.15, -0.1) is 0 Å². The molecule has 2 heteroatoms. The van der Waals surface area contributed by atoms with Gasteiger partial charge in [0.05, 0.1) is 0 Å². The number of benzene rings is 6. The summed E-state index contributed by atoms with van der Waals surface area (Å²) in [5, 5.41) is 7.59. The Morgan fingerprint density at radius 2 is 1.03 bits per heavy atom. The summed E-state index contributed by atoms with van der Waals surface area (Å²) in [5.74, 6) is 0.884. The molecule has 7 rings (SSSR count). The summed E-state index contributed by atoms with van der Waals surface area (Å²) >= 11 is 3.76. The Balaban J connectivity index is 1.61. The van der Waals surface area contributed by atoms with E-state index in [9.17, 15) is 0 Å². The molecular weight excluding hydrogens is 480 g/mol. The zero-order chi connectivity index (χ0) is 22.6. The average molecular weight is 499 g/mol. The minimum Gasteiger partial charge on any atom is -0.448 e. The van der Waals surface area contributed by atoms with Gasteiger partial charge in [-0.2, -0.15) is 0 Å². The van der Waals surface area contributed by atoms with Crippen molar-refractivity contribution >= 4 is 48.2 Å². The Labute approximate surface area is 205 Å². The normalized spacial score (nSPS) is 11.7. The molecule has 0 unspecified atom stereocenters. The van der Waals surface area contributed by atoms with Gasteiger partial charge >= 0.3 is 0 Å². The molecule has 0 N–H and O–H groups in total. The predicted octanol–water partition coefficient (Wildman–Crippen LogP) is 9.94. The Bertz CT molecular complexity index is 1780. The highest BCUT2D eigenvalue weighted by molar-refractivity contribution is 9.10. The standard InChI is InChI=1S/C32H19BrO/c33-32-30(21-10-5-2-6-11-21)29(20-8-3-1-4-9-20)31(34-32)26-19-17-24-15-14-22-12-7-13-23-16-18-25(26)28(24)27(22)23/h1-19H. The van der Waals surface area contributed by atoms with Gasteiger partial charge in [0, 0.05) is 16.7 Å². The summed E-state index contributed by atoms with van der Waals surface area (Å²) in [6.45, 7) is 0. The molecule has 0 spiro atoms. The summed E-state index contributed by atoms with van der Waals surface area (Å²) in [6.07, 6.45) is 0. The van der Waals surface area contributed by atoms with Gasteiger partial charge in [0.1, 0.15) is 5.76 Å². The van der Waals surface area contributed by atoms with Gasteiger partial charge in [0.2, 0.25) is 0 Å². The molecule has 0 amide bonds. The van der Waals surface area contributed by atoms with E-state index >= 15 is 0 Å². The molecule has 0 bridgehead atoms. The second-order valence-electron chi connectivity index (χ2n) is 8.66. The first kappa shape index (κ1) is 19.6. The number of furan rings is 1. The lowest BCUT2D eigenvalue weighted by atomic mass is 9.89. The fraction of sp³-hybridized carbons (Fsp3) is 0. The van der Waals surface area contributed by atoms with Crippen molar-refractivity contribution in [1.29, 1.82) is 0 Å². The van der Waals surface area contributed by atoms with E-state index in [0.717, 1.165) is 38.2 Å². The van der Waals surface area contributed by atoms with Crippen LogP contribution in [0.1, 0.15) is 0 Å². The van der Waals surface area contributed by atoms with Crippen LogP contribution in [0.5, 0.6) is 0 Å². The maximum atomic E-state index is 6.55. The van der Waals surface area contributed by atoms with E-state index in [1.54, 1.807) is 0 Å². The maximum Gasteiger partial charge on any atom is 0.178 e. The van der Waals surface area contributed by atoms with Crippen molar-refractivity contribution in [3.8, 4) is 33.6 Å². The van der Waals surface area contributed by atoms with E-state index in [4.69, 9.17) is 4.42 Å². The molecule has 7 aromatic rings. The molecule has 0 aliphatic heterocycles. The monoisotopic (exact) mass is 498 g/mol. The quantitative estimate of drug-likeness (QED) is 0.221. The van der Waals surface area contributed by atoms with Gasteiger partial charge < -0.3 is 4.42 Å². The lowest BCUT2D eigenvalue weighted by molar-refractivity contribution is 0.558. The first-order chi connectivity index (χ1) is 16.8. The molecule has 0 atom stereocenters. The molecule has 0 radical (unpaired) electrons. The van der Waals surface area contributed by atoms with E-state index < -0.39 is 0 Å². The van der Waals surface area contributed by atoms with Gasteiger partial charge in [0.15, 0.2) is 4.67 Å². The highest BCUT2D eigenvalue weighted by atomic mass is 79.9. The number of halogens is 1. The third kappa shape index (κ3) is 2.85. The Kier molecular flexibility index (Phi) is 4.36. The molecule has 0 aliphatic carbocycles. The molecule has 0 fully saturated rings. The van der Waals surface area contributed by atoms with Crippen LogP contribution in [0.4, 0.5) is 0 Å². The minimum atomic E-state index is 0.748. The molecule has 0 saturated carbocycles. The lowest BCUT2D eigenvalue weighted by Crippen LogP contribution is -1.88. The molecule has 1 nitrogen and oxygen atoms in total. The van der Waals surface area contributed by atoms with Crippen LogP contribution in [0, 0.1) is 0 Å². The van der Waals surface area contributed by atoms with E-state index in [0.29, 0.717) is 0 Å². The molecular formula is C32H19BrO. The van der Waals surface area contributed by atoms with Gasteiger partial charge in [0.25, 0.3) is 0 Å². The number of rotatable bonds is 3. The first-order valence-corrected chi connectivity index (χ1v) is 12.2. The number of hydrogen-bond acceptors (Lipinski definition) is 1. The van der Waals surface area contributed by atoms with Crippen LogP contribution in [-0.2, 0) is 0 Å². The molecule has 34 heavy (non-hydrogen) atoms. The third-order valence-corrected chi connectivity index (χ3v) is 7.32. The lowest BCUT2D eigenvalue weighted by Gasteiger charge is -2.14. The van der Waals surface area contributed by atoms with Crippen molar-refractivity contribution < 1.29 is 4.42 Å². The van der Waals surface area contributed by atoms with E-state index in [-0.39, 0.29) is 0 Å². The van der Waals surface area contributed by atoms with Crippen LogP contribution in [0.15, 0.2) is 124 Å². The second-order valence-corrected chi connectivity index (χ2v) is 9.38. The first-order valence-electron chi connectivity index (χ1n) is 11.4. The van der Waals surface area contributed by atoms with Crippen LogP contribution < -0.4 is 0 Å². The van der Waals surface area contributed by atoms with Gasteiger partial charge in [-0.3, -0.25) is 0 Å². The zero-order valence-electron chi connectivity index (χ0n) is 18.3. The average Bonchev–Trinajstić information content (AvgIpc) is 3.25. The van der Waals surface area contributed by atoms with Crippen molar-refractivity contribution in [3.05, 3.63) is 120 Å².